The van der Waals surface area contributed by atoms with Crippen LogP contribution in [0, 0.1) is 0 Å². The molecule has 0 aliphatic carbocycles. The van der Waals surface area contributed by atoms with Gasteiger partial charge < -0.3 is 9.47 Å². The van der Waals surface area contributed by atoms with Crippen molar-refractivity contribution in [3.8, 4) is 0 Å². The van der Waals surface area contributed by atoms with Crippen LogP contribution in [0.2, 0.25) is 0 Å². The molecule has 0 saturated carbocycles. The van der Waals surface area contributed by atoms with Crippen molar-refractivity contribution < 1.29 is 14.3 Å². The Morgan fingerprint density at radius 1 is 1.44 bits per heavy atom. The minimum atomic E-state index is -0.341. The zero-order valence-corrected chi connectivity index (χ0v) is 5.80. The van der Waals surface area contributed by atoms with Crippen LogP contribution in [-0.2, 0) is 14.3 Å². The third-order valence-electron chi connectivity index (χ3n) is 0.713. The van der Waals surface area contributed by atoms with Crippen LogP contribution in [0.5, 0.6) is 0 Å². The predicted molar refractivity (Wildman–Crippen MR) is 32.5 cm³/mol. The van der Waals surface area contributed by atoms with Crippen molar-refractivity contribution in [1.82, 2.24) is 0 Å². The van der Waals surface area contributed by atoms with Crippen LogP contribution in [0.4, 0.5) is 0 Å². The van der Waals surface area contributed by atoms with Crippen molar-refractivity contribution in [3.63, 3.8) is 0 Å². The van der Waals surface area contributed by atoms with Gasteiger partial charge in [0.15, 0.2) is 0 Å². The molecule has 9 heavy (non-hydrogen) atoms. The lowest BCUT2D eigenvalue weighted by Crippen LogP contribution is -1.91. The lowest BCUT2D eigenvalue weighted by molar-refractivity contribution is -0.135. The normalized spacial score (nSPS) is 10.8. The molecule has 0 aliphatic heterocycles. The second kappa shape index (κ2) is 3.95. The molecule has 3 nitrogen and oxygen atoms in total. The zero-order valence-electron chi connectivity index (χ0n) is 5.80. The highest BCUT2D eigenvalue weighted by atomic mass is 16.5. The fraction of sp³-hybridized carbons (Fsp3) is 0.500. The van der Waals surface area contributed by atoms with Crippen molar-refractivity contribution in [2.24, 2.45) is 0 Å². The summed E-state index contributed by atoms with van der Waals surface area (Å²) in [6.07, 6.45) is 1.27. The second-order valence-corrected chi connectivity index (χ2v) is 1.54. The first kappa shape index (κ1) is 8.01. The Labute approximate surface area is 54.3 Å². The number of ether oxygens (including phenoxy) is 2. The molecule has 0 amide bonds. The highest BCUT2D eigenvalue weighted by Crippen LogP contribution is 1.91. The molecule has 0 bridgehead atoms. The Morgan fingerprint density at radius 3 is 2.33 bits per heavy atom. The van der Waals surface area contributed by atoms with Gasteiger partial charge in [-0.25, -0.2) is 0 Å². The fourth-order valence-corrected chi connectivity index (χ4v) is 0.214. The number of methoxy groups -OCH3 is 1. The first-order valence-electron chi connectivity index (χ1n) is 2.54. The molecule has 0 saturated heterocycles. The average molecular weight is 130 g/mol. The summed E-state index contributed by atoms with van der Waals surface area (Å²) < 4.78 is 9.15. The highest BCUT2D eigenvalue weighted by molar-refractivity contribution is 5.66. The number of hydrogen-bond donors (Lipinski definition) is 0. The molecule has 0 aliphatic rings. The Bertz CT molecular complexity index is 126. The van der Waals surface area contributed by atoms with E-state index >= 15 is 0 Å². The van der Waals surface area contributed by atoms with Crippen molar-refractivity contribution in [2.45, 2.75) is 13.8 Å². The molecule has 0 unspecified atom stereocenters. The zero-order chi connectivity index (χ0) is 7.28. The minimum Gasteiger partial charge on any atom is -0.498 e. The molecule has 0 atom stereocenters. The molecular formula is C6H10O3. The van der Waals surface area contributed by atoms with E-state index in [1.54, 1.807) is 6.92 Å². The first-order chi connectivity index (χ1) is 4.16. The molecule has 0 radical (unpaired) electrons. The van der Waals surface area contributed by atoms with E-state index in [-0.39, 0.29) is 5.97 Å². The predicted octanol–water partition coefficient (Wildman–Crippen LogP) is 1.06. The summed E-state index contributed by atoms with van der Waals surface area (Å²) in [5.74, 6) is 0.233. The van der Waals surface area contributed by atoms with Gasteiger partial charge in [0.05, 0.1) is 7.11 Å². The SMILES string of the molecule is COC(C)=COC(C)=O. The van der Waals surface area contributed by atoms with E-state index in [9.17, 15) is 4.79 Å². The maximum absolute atomic E-state index is 10.1. The van der Waals surface area contributed by atoms with Crippen LogP contribution in [-0.4, -0.2) is 13.1 Å². The van der Waals surface area contributed by atoms with Crippen LogP contribution < -0.4 is 0 Å². The maximum Gasteiger partial charge on any atom is 0.307 e. The van der Waals surface area contributed by atoms with Gasteiger partial charge in [0, 0.05) is 6.92 Å². The Morgan fingerprint density at radius 2 is 2.00 bits per heavy atom. The van der Waals surface area contributed by atoms with Crippen molar-refractivity contribution in [2.75, 3.05) is 7.11 Å². The third-order valence-corrected chi connectivity index (χ3v) is 0.713. The van der Waals surface area contributed by atoms with Crippen molar-refractivity contribution >= 4 is 5.97 Å². The summed E-state index contributed by atoms with van der Waals surface area (Å²) in [5, 5.41) is 0. The number of carbonyl (C=O) groups is 1. The molecule has 0 fully saturated rings. The van der Waals surface area contributed by atoms with E-state index in [4.69, 9.17) is 0 Å². The summed E-state index contributed by atoms with van der Waals surface area (Å²) in [4.78, 5) is 10.1. The summed E-state index contributed by atoms with van der Waals surface area (Å²) in [6.45, 7) is 3.03. The van der Waals surface area contributed by atoms with Crippen molar-refractivity contribution in [3.05, 3.63) is 12.0 Å². The largest absolute Gasteiger partial charge is 0.498 e. The number of esters is 1. The smallest absolute Gasteiger partial charge is 0.307 e. The monoisotopic (exact) mass is 130 g/mol. The van der Waals surface area contributed by atoms with Crippen LogP contribution in [0.1, 0.15) is 13.8 Å². The minimum absolute atomic E-state index is 0.341. The molecule has 3 heteroatoms. The van der Waals surface area contributed by atoms with Gasteiger partial charge in [0.1, 0.15) is 12.0 Å². The number of rotatable bonds is 2. The van der Waals surface area contributed by atoms with Gasteiger partial charge in [-0.15, -0.1) is 0 Å². The van der Waals surface area contributed by atoms with E-state index < -0.39 is 0 Å². The molecule has 0 N–H and O–H groups in total. The second-order valence-electron chi connectivity index (χ2n) is 1.54. The van der Waals surface area contributed by atoms with Gasteiger partial charge in [0.25, 0.3) is 0 Å². The summed E-state index contributed by atoms with van der Waals surface area (Å²) in [5.41, 5.74) is 0. The average Bonchev–Trinajstić information content (AvgIpc) is 1.83. The van der Waals surface area contributed by atoms with Crippen LogP contribution in [0.15, 0.2) is 12.0 Å². The van der Waals surface area contributed by atoms with Gasteiger partial charge in [-0.05, 0) is 6.92 Å². The van der Waals surface area contributed by atoms with Crippen LogP contribution in [0.25, 0.3) is 0 Å². The van der Waals surface area contributed by atoms with Crippen molar-refractivity contribution in [1.29, 1.82) is 0 Å². The van der Waals surface area contributed by atoms with E-state index in [1.165, 1.54) is 20.3 Å². The summed E-state index contributed by atoms with van der Waals surface area (Å²) in [7, 11) is 1.51. The highest BCUT2D eigenvalue weighted by Gasteiger charge is 1.87. The summed E-state index contributed by atoms with van der Waals surface area (Å²) in [6, 6.07) is 0. The lowest BCUT2D eigenvalue weighted by Gasteiger charge is -1.96. The fourth-order valence-electron chi connectivity index (χ4n) is 0.214. The molecular weight excluding hydrogens is 120 g/mol. The van der Waals surface area contributed by atoms with Gasteiger partial charge in [-0.1, -0.05) is 0 Å². The van der Waals surface area contributed by atoms with E-state index in [0.29, 0.717) is 5.76 Å². The number of allylic oxidation sites excluding steroid dienone is 1. The standard InChI is InChI=1S/C6H10O3/c1-5(8-3)4-9-6(2)7/h4H,1-3H3. The Hall–Kier alpha value is -0.990. The topological polar surface area (TPSA) is 35.5 Å². The Balaban J connectivity index is 3.56. The maximum atomic E-state index is 10.1. The Kier molecular flexibility index (Phi) is 3.51. The lowest BCUT2D eigenvalue weighted by atomic mass is 10.6. The van der Waals surface area contributed by atoms with E-state index in [2.05, 4.69) is 9.47 Å². The number of carbonyl (C=O) groups excluding carboxylic acids is 1. The van der Waals surface area contributed by atoms with E-state index in [1.807, 2.05) is 0 Å². The summed E-state index contributed by atoms with van der Waals surface area (Å²) >= 11 is 0. The molecule has 0 aromatic rings. The van der Waals surface area contributed by atoms with Crippen LogP contribution >= 0.6 is 0 Å². The molecule has 52 valence electrons. The van der Waals surface area contributed by atoms with Gasteiger partial charge in [-0.2, -0.15) is 0 Å². The number of hydrogen-bond acceptors (Lipinski definition) is 3. The van der Waals surface area contributed by atoms with Crippen LogP contribution in [0.3, 0.4) is 0 Å². The molecule has 0 aromatic carbocycles. The first-order valence-corrected chi connectivity index (χ1v) is 2.54. The van der Waals surface area contributed by atoms with Gasteiger partial charge >= 0.3 is 5.97 Å². The van der Waals surface area contributed by atoms with Gasteiger partial charge in [0.2, 0.25) is 0 Å². The molecule has 0 heterocycles. The van der Waals surface area contributed by atoms with Gasteiger partial charge in [-0.3, -0.25) is 4.79 Å². The third kappa shape index (κ3) is 4.87. The molecule has 0 rings (SSSR count). The quantitative estimate of drug-likeness (QED) is 0.414. The molecule has 0 aromatic heterocycles. The van der Waals surface area contributed by atoms with E-state index in [0.717, 1.165) is 0 Å². The molecule has 0 spiro atoms.